The minimum Gasteiger partial charge on any atom is -0.378 e. The summed E-state index contributed by atoms with van der Waals surface area (Å²) >= 11 is 0. The van der Waals surface area contributed by atoms with E-state index in [0.717, 1.165) is 4.31 Å². The van der Waals surface area contributed by atoms with Crippen LogP contribution < -0.4 is 5.32 Å². The fourth-order valence-electron chi connectivity index (χ4n) is 2.72. The van der Waals surface area contributed by atoms with Crippen LogP contribution in [0, 0.1) is 0 Å². The lowest BCUT2D eigenvalue weighted by Gasteiger charge is -2.30. The molecule has 2 fully saturated rings. The van der Waals surface area contributed by atoms with E-state index in [-0.39, 0.29) is 25.5 Å². The number of ether oxygens (including phenoxy) is 1. The third-order valence-electron chi connectivity index (χ3n) is 4.24. The number of hydrogen-bond acceptors (Lipinski definition) is 4. The van der Waals surface area contributed by atoms with Gasteiger partial charge in [-0.05, 0) is 6.42 Å². The zero-order valence-corrected chi connectivity index (χ0v) is 14.4. The van der Waals surface area contributed by atoms with Crippen LogP contribution in [0.15, 0.2) is 0 Å². The maximum absolute atomic E-state index is 13.7. The Balaban J connectivity index is 1.95. The van der Waals surface area contributed by atoms with Crippen LogP contribution in [0.2, 0.25) is 0 Å². The first-order valence-electron chi connectivity index (χ1n) is 7.84. The molecule has 2 saturated heterocycles. The summed E-state index contributed by atoms with van der Waals surface area (Å²) in [5, 5.41) is 2.71. The molecule has 2 heterocycles. The van der Waals surface area contributed by atoms with Crippen molar-refractivity contribution in [1.82, 2.24) is 18.8 Å². The minimum atomic E-state index is -3.70. The molecule has 0 aromatic heterocycles. The minimum absolute atomic E-state index is 0.0974. The summed E-state index contributed by atoms with van der Waals surface area (Å²) in [6.07, 6.45) is -1.11. The van der Waals surface area contributed by atoms with E-state index in [9.17, 15) is 17.6 Å². The van der Waals surface area contributed by atoms with E-state index in [4.69, 9.17) is 4.74 Å². The molecule has 0 radical (unpaired) electrons. The highest BCUT2D eigenvalue weighted by atomic mass is 32.2. The monoisotopic (exact) mass is 352 g/mol. The Labute approximate surface area is 136 Å². The lowest BCUT2D eigenvalue weighted by molar-refractivity contribution is 0.0530. The smallest absolute Gasteiger partial charge is 0.317 e. The van der Waals surface area contributed by atoms with E-state index in [1.165, 1.54) is 11.4 Å². The van der Waals surface area contributed by atoms with Crippen LogP contribution in [0.4, 0.5) is 9.18 Å². The summed E-state index contributed by atoms with van der Waals surface area (Å²) < 4.78 is 46.1. The molecule has 0 aromatic rings. The van der Waals surface area contributed by atoms with Gasteiger partial charge in [0.25, 0.3) is 10.2 Å². The maximum atomic E-state index is 13.7. The Bertz CT molecular complexity index is 512. The molecule has 1 N–H and O–H groups in total. The van der Waals surface area contributed by atoms with Crippen LogP contribution in [-0.4, -0.2) is 93.2 Å². The molecule has 0 aliphatic carbocycles. The highest BCUT2D eigenvalue weighted by Crippen LogP contribution is 2.24. The number of morpholine rings is 1. The van der Waals surface area contributed by atoms with E-state index in [1.807, 2.05) is 0 Å². The van der Waals surface area contributed by atoms with Gasteiger partial charge in [-0.25, -0.2) is 9.18 Å². The van der Waals surface area contributed by atoms with Gasteiger partial charge in [0.1, 0.15) is 6.17 Å². The predicted octanol–water partition coefficient (Wildman–Crippen LogP) is -0.363. The zero-order chi connectivity index (χ0) is 17.0. The molecule has 0 bridgehead atoms. The van der Waals surface area contributed by atoms with Crippen molar-refractivity contribution in [3.05, 3.63) is 0 Å². The summed E-state index contributed by atoms with van der Waals surface area (Å²) in [4.78, 5) is 13.7. The first-order valence-corrected chi connectivity index (χ1v) is 9.23. The lowest BCUT2D eigenvalue weighted by Crippen LogP contribution is -2.51. The lowest BCUT2D eigenvalue weighted by atomic mass is 10.2. The third-order valence-corrected chi connectivity index (χ3v) is 6.32. The molecule has 2 atom stereocenters. The van der Waals surface area contributed by atoms with E-state index < -0.39 is 22.4 Å². The molecule has 23 heavy (non-hydrogen) atoms. The Kier molecular flexibility index (Phi) is 6.18. The standard InChI is InChI=1S/C13H25FN4O4S/c1-3-16(2)23(20,21)18-10-11(14)8-12(18)9-15-13(19)17-4-6-22-7-5-17/h11-12H,3-10H2,1-2H3,(H,15,19). The number of halogens is 1. The topological polar surface area (TPSA) is 82.2 Å². The van der Waals surface area contributed by atoms with Crippen LogP contribution in [-0.2, 0) is 14.9 Å². The Morgan fingerprint density at radius 1 is 1.39 bits per heavy atom. The van der Waals surface area contributed by atoms with Crippen LogP contribution in [0.3, 0.4) is 0 Å². The molecular formula is C13H25FN4O4S. The van der Waals surface area contributed by atoms with Crippen molar-refractivity contribution in [2.24, 2.45) is 0 Å². The number of hydrogen-bond donors (Lipinski definition) is 1. The van der Waals surface area contributed by atoms with Crippen molar-refractivity contribution in [2.45, 2.75) is 25.6 Å². The van der Waals surface area contributed by atoms with E-state index in [1.54, 1.807) is 11.8 Å². The number of alkyl halides is 1. The molecule has 10 heteroatoms. The first-order chi connectivity index (χ1) is 10.9. The normalized spacial score (nSPS) is 26.7. The Hall–Kier alpha value is -0.970. The second kappa shape index (κ2) is 7.73. The maximum Gasteiger partial charge on any atom is 0.317 e. The summed E-state index contributed by atoms with van der Waals surface area (Å²) in [7, 11) is -2.24. The number of nitrogens with one attached hydrogen (secondary N) is 1. The molecule has 0 saturated carbocycles. The largest absolute Gasteiger partial charge is 0.378 e. The molecular weight excluding hydrogens is 327 g/mol. The molecule has 2 amide bonds. The van der Waals surface area contributed by atoms with Gasteiger partial charge in [-0.1, -0.05) is 6.92 Å². The Morgan fingerprint density at radius 2 is 2.04 bits per heavy atom. The average Bonchev–Trinajstić information content (AvgIpc) is 2.94. The second-order valence-corrected chi connectivity index (χ2v) is 7.75. The molecule has 2 aliphatic rings. The predicted molar refractivity (Wildman–Crippen MR) is 83.0 cm³/mol. The van der Waals surface area contributed by atoms with Gasteiger partial charge in [-0.3, -0.25) is 0 Å². The molecule has 0 aromatic carbocycles. The van der Waals surface area contributed by atoms with Gasteiger partial charge in [0, 0.05) is 45.8 Å². The quantitative estimate of drug-likeness (QED) is 0.732. The SMILES string of the molecule is CCN(C)S(=O)(=O)N1CC(F)CC1CNC(=O)N1CCOCC1. The summed E-state index contributed by atoms with van der Waals surface area (Å²) in [6.45, 7) is 3.96. The van der Waals surface area contributed by atoms with Crippen LogP contribution >= 0.6 is 0 Å². The summed E-state index contributed by atoms with van der Waals surface area (Å²) in [6, 6.07) is -0.828. The van der Waals surface area contributed by atoms with Gasteiger partial charge in [-0.15, -0.1) is 0 Å². The highest BCUT2D eigenvalue weighted by molar-refractivity contribution is 7.86. The van der Waals surface area contributed by atoms with Crippen molar-refractivity contribution >= 4 is 16.2 Å². The fraction of sp³-hybridized carbons (Fsp3) is 0.923. The first kappa shape index (κ1) is 18.4. The molecule has 2 aliphatic heterocycles. The summed E-state index contributed by atoms with van der Waals surface area (Å²) in [5.74, 6) is 0. The van der Waals surface area contributed by atoms with Gasteiger partial charge in [-0.2, -0.15) is 17.0 Å². The molecule has 134 valence electrons. The zero-order valence-electron chi connectivity index (χ0n) is 13.6. The molecule has 8 nitrogen and oxygen atoms in total. The van der Waals surface area contributed by atoms with Gasteiger partial charge >= 0.3 is 6.03 Å². The number of urea groups is 1. The number of rotatable bonds is 5. The van der Waals surface area contributed by atoms with Gasteiger partial charge in [0.2, 0.25) is 0 Å². The molecule has 0 spiro atoms. The van der Waals surface area contributed by atoms with Crippen LogP contribution in [0.25, 0.3) is 0 Å². The van der Waals surface area contributed by atoms with Crippen molar-refractivity contribution in [3.63, 3.8) is 0 Å². The second-order valence-electron chi connectivity index (χ2n) is 5.76. The van der Waals surface area contributed by atoms with Crippen molar-refractivity contribution in [2.75, 3.05) is 53.0 Å². The number of amides is 2. The third kappa shape index (κ3) is 4.31. The summed E-state index contributed by atoms with van der Waals surface area (Å²) in [5.41, 5.74) is 0. The molecule has 2 unspecified atom stereocenters. The van der Waals surface area contributed by atoms with Crippen LogP contribution in [0.5, 0.6) is 0 Å². The number of nitrogens with zero attached hydrogens (tertiary/aromatic N) is 3. The van der Waals surface area contributed by atoms with Gasteiger partial charge < -0.3 is 15.0 Å². The van der Waals surface area contributed by atoms with E-state index in [0.29, 0.717) is 32.8 Å². The highest BCUT2D eigenvalue weighted by Gasteiger charge is 2.41. The number of carbonyl (C=O) groups is 1. The van der Waals surface area contributed by atoms with Gasteiger partial charge in [0.15, 0.2) is 0 Å². The van der Waals surface area contributed by atoms with E-state index >= 15 is 0 Å². The fourth-order valence-corrected chi connectivity index (χ4v) is 4.30. The Morgan fingerprint density at radius 3 is 2.65 bits per heavy atom. The molecule has 2 rings (SSSR count). The van der Waals surface area contributed by atoms with Crippen molar-refractivity contribution in [3.8, 4) is 0 Å². The van der Waals surface area contributed by atoms with Gasteiger partial charge in [0.05, 0.1) is 13.2 Å². The average molecular weight is 352 g/mol. The van der Waals surface area contributed by atoms with Crippen molar-refractivity contribution in [1.29, 1.82) is 0 Å². The van der Waals surface area contributed by atoms with Crippen molar-refractivity contribution < 1.29 is 22.3 Å². The van der Waals surface area contributed by atoms with E-state index in [2.05, 4.69) is 5.32 Å². The van der Waals surface area contributed by atoms with Crippen LogP contribution in [0.1, 0.15) is 13.3 Å². The number of carbonyl (C=O) groups excluding carboxylic acids is 1.